The highest BCUT2D eigenvalue weighted by Crippen LogP contribution is 2.32. The number of hydrogen-bond acceptors (Lipinski definition) is 5. The highest BCUT2D eigenvalue weighted by atomic mass is 16.5. The van der Waals surface area contributed by atoms with Crippen molar-refractivity contribution in [2.45, 2.75) is 6.92 Å². The number of nitrogens with zero attached hydrogens (tertiary/aromatic N) is 1. The first-order chi connectivity index (χ1) is 8.58. The van der Waals surface area contributed by atoms with Gasteiger partial charge in [0.15, 0.2) is 5.69 Å². The summed E-state index contributed by atoms with van der Waals surface area (Å²) in [7, 11) is 2.52. The molecular formula is C12H13N2O4+. The van der Waals surface area contributed by atoms with Gasteiger partial charge in [-0.15, -0.1) is 0 Å². The van der Waals surface area contributed by atoms with Gasteiger partial charge in [-0.05, 0) is 6.07 Å². The Morgan fingerprint density at radius 3 is 2.44 bits per heavy atom. The molecule has 2 N–H and O–H groups in total. The van der Waals surface area contributed by atoms with Gasteiger partial charge in [-0.25, -0.2) is 9.59 Å². The van der Waals surface area contributed by atoms with Crippen LogP contribution in [0.4, 0.5) is 11.4 Å². The molecule has 1 aliphatic heterocycles. The molecule has 18 heavy (non-hydrogen) atoms. The Kier molecular flexibility index (Phi) is 3.12. The maximum atomic E-state index is 11.8. The molecule has 1 aromatic carbocycles. The summed E-state index contributed by atoms with van der Waals surface area (Å²) in [5.74, 6) is -0.408. The summed E-state index contributed by atoms with van der Waals surface area (Å²) in [6.45, 7) is 1.82. The number of carbonyl (C=O) groups is 2. The maximum absolute atomic E-state index is 11.8. The fourth-order valence-corrected chi connectivity index (χ4v) is 1.87. The summed E-state index contributed by atoms with van der Waals surface area (Å²) >= 11 is 0. The van der Waals surface area contributed by atoms with Crippen molar-refractivity contribution >= 4 is 29.1 Å². The van der Waals surface area contributed by atoms with Crippen molar-refractivity contribution in [3.63, 3.8) is 0 Å². The number of fused-ring (bicyclic) bond motifs is 1. The Bertz CT molecular complexity index is 563. The van der Waals surface area contributed by atoms with Gasteiger partial charge < -0.3 is 9.47 Å². The molecular weight excluding hydrogens is 236 g/mol. The monoisotopic (exact) mass is 249 g/mol. The summed E-state index contributed by atoms with van der Waals surface area (Å²) in [5, 5.41) is 1.84. The van der Waals surface area contributed by atoms with Crippen LogP contribution in [0.5, 0.6) is 0 Å². The van der Waals surface area contributed by atoms with E-state index in [0.717, 1.165) is 11.5 Å². The molecule has 0 atom stereocenters. The summed E-state index contributed by atoms with van der Waals surface area (Å²) in [6, 6.07) is 3.27. The number of hydrogen-bond donors (Lipinski definition) is 1. The number of nitrogens with two attached hydrogens (primary N) is 1. The molecule has 0 radical (unpaired) electrons. The number of ether oxygens (including phenoxy) is 2. The zero-order valence-corrected chi connectivity index (χ0v) is 10.3. The first kappa shape index (κ1) is 12.3. The van der Waals surface area contributed by atoms with E-state index < -0.39 is 11.9 Å². The van der Waals surface area contributed by atoms with Gasteiger partial charge in [-0.2, -0.15) is 4.99 Å². The van der Waals surface area contributed by atoms with E-state index in [0.29, 0.717) is 5.69 Å². The second-order valence-corrected chi connectivity index (χ2v) is 3.81. The van der Waals surface area contributed by atoms with E-state index in [1.807, 2.05) is 12.2 Å². The number of quaternary nitrogens is 1. The number of rotatable bonds is 2. The van der Waals surface area contributed by atoms with Crippen molar-refractivity contribution in [2.75, 3.05) is 14.2 Å². The molecule has 0 aromatic heterocycles. The average Bonchev–Trinajstić information content (AvgIpc) is 2.75. The van der Waals surface area contributed by atoms with Crippen LogP contribution in [-0.2, 0) is 9.47 Å². The molecule has 0 spiro atoms. The second kappa shape index (κ2) is 4.58. The molecule has 94 valence electrons. The van der Waals surface area contributed by atoms with E-state index in [4.69, 9.17) is 4.74 Å². The third kappa shape index (κ3) is 1.86. The largest absolute Gasteiger partial charge is 0.465 e. The minimum atomic E-state index is -0.598. The molecule has 6 nitrogen and oxygen atoms in total. The van der Waals surface area contributed by atoms with Crippen molar-refractivity contribution in [3.8, 4) is 0 Å². The number of carbonyl (C=O) groups excluding carboxylic acids is 2. The predicted molar refractivity (Wildman–Crippen MR) is 63.5 cm³/mol. The van der Waals surface area contributed by atoms with Gasteiger partial charge in [0.05, 0.1) is 19.8 Å². The fraction of sp³-hybridized carbons (Fsp3) is 0.250. The fourth-order valence-electron chi connectivity index (χ4n) is 1.87. The van der Waals surface area contributed by atoms with E-state index in [9.17, 15) is 9.59 Å². The van der Waals surface area contributed by atoms with E-state index in [2.05, 4.69) is 9.73 Å². The molecule has 0 unspecified atom stereocenters. The first-order valence-electron chi connectivity index (χ1n) is 5.32. The summed E-state index contributed by atoms with van der Waals surface area (Å²) in [6.07, 6.45) is 0. The number of esters is 2. The lowest BCUT2D eigenvalue weighted by Gasteiger charge is -2.07. The third-order valence-corrected chi connectivity index (χ3v) is 2.66. The Morgan fingerprint density at radius 2 is 1.83 bits per heavy atom. The zero-order valence-electron chi connectivity index (χ0n) is 10.3. The molecule has 2 rings (SSSR count). The van der Waals surface area contributed by atoms with Gasteiger partial charge in [-0.3, -0.25) is 5.32 Å². The maximum Gasteiger partial charge on any atom is 0.341 e. The predicted octanol–water partition coefficient (Wildman–Crippen LogP) is 0.518. The molecule has 0 bridgehead atoms. The van der Waals surface area contributed by atoms with Gasteiger partial charge >= 0.3 is 11.9 Å². The van der Waals surface area contributed by atoms with Crippen LogP contribution in [0, 0.1) is 0 Å². The molecule has 1 aliphatic rings. The van der Waals surface area contributed by atoms with Gasteiger partial charge in [0.2, 0.25) is 5.84 Å². The van der Waals surface area contributed by atoms with Crippen LogP contribution < -0.4 is 5.32 Å². The summed E-state index contributed by atoms with van der Waals surface area (Å²) in [5.41, 5.74) is 1.56. The van der Waals surface area contributed by atoms with E-state index in [-0.39, 0.29) is 11.1 Å². The number of methoxy groups -OCH3 is 2. The molecule has 0 fully saturated rings. The van der Waals surface area contributed by atoms with Crippen molar-refractivity contribution in [1.82, 2.24) is 0 Å². The van der Waals surface area contributed by atoms with Crippen molar-refractivity contribution in [1.29, 1.82) is 0 Å². The Hall–Kier alpha value is -2.21. The Balaban J connectivity index is 2.66. The molecule has 1 heterocycles. The number of amidine groups is 1. The highest BCUT2D eigenvalue weighted by molar-refractivity contribution is 6.09. The topological polar surface area (TPSA) is 81.6 Å². The average molecular weight is 249 g/mol. The molecule has 0 saturated carbocycles. The van der Waals surface area contributed by atoms with Gasteiger partial charge in [0.25, 0.3) is 0 Å². The van der Waals surface area contributed by atoms with Crippen LogP contribution in [0.3, 0.4) is 0 Å². The minimum absolute atomic E-state index is 0.148. The van der Waals surface area contributed by atoms with Gasteiger partial charge in [-0.1, -0.05) is 0 Å². The first-order valence-corrected chi connectivity index (χ1v) is 5.32. The Morgan fingerprint density at radius 1 is 1.17 bits per heavy atom. The van der Waals surface area contributed by atoms with Crippen molar-refractivity contribution in [2.24, 2.45) is 4.99 Å². The van der Waals surface area contributed by atoms with Gasteiger partial charge in [0, 0.05) is 13.0 Å². The van der Waals surface area contributed by atoms with E-state index in [1.54, 1.807) is 12.1 Å². The zero-order chi connectivity index (χ0) is 13.3. The molecule has 0 amide bonds. The SMILES string of the molecule is COC(=O)c1ccc2c(c1C(=O)OC)N=C(C)[NH2+]2. The minimum Gasteiger partial charge on any atom is -0.465 e. The van der Waals surface area contributed by atoms with Crippen LogP contribution in [0.25, 0.3) is 0 Å². The van der Waals surface area contributed by atoms with Crippen LogP contribution in [-0.4, -0.2) is 32.0 Å². The van der Waals surface area contributed by atoms with Crippen LogP contribution in [0.1, 0.15) is 27.6 Å². The molecule has 6 heteroatoms. The van der Waals surface area contributed by atoms with E-state index in [1.165, 1.54) is 14.2 Å². The Labute approximate surface area is 104 Å². The van der Waals surface area contributed by atoms with Crippen LogP contribution in [0.2, 0.25) is 0 Å². The third-order valence-electron chi connectivity index (χ3n) is 2.66. The smallest absolute Gasteiger partial charge is 0.341 e. The molecule has 0 saturated heterocycles. The van der Waals surface area contributed by atoms with Gasteiger partial charge in [0.1, 0.15) is 11.3 Å². The standard InChI is InChI=1S/C12H12N2O4/c1-6-13-8-5-4-7(11(15)17-2)9(10(8)14-6)12(16)18-3/h4-5H,1-3H3,(H,13,14)/p+1. The van der Waals surface area contributed by atoms with Crippen LogP contribution in [0.15, 0.2) is 17.1 Å². The lowest BCUT2D eigenvalue weighted by atomic mass is 10.0. The van der Waals surface area contributed by atoms with E-state index >= 15 is 0 Å². The quantitative estimate of drug-likeness (QED) is 0.612. The molecule has 0 aliphatic carbocycles. The second-order valence-electron chi connectivity index (χ2n) is 3.81. The highest BCUT2D eigenvalue weighted by Gasteiger charge is 2.29. The lowest BCUT2D eigenvalue weighted by molar-refractivity contribution is -0.439. The normalized spacial score (nSPS) is 12.7. The summed E-state index contributed by atoms with van der Waals surface area (Å²) in [4.78, 5) is 27.7. The number of aliphatic imine (C=N–C) groups is 1. The van der Waals surface area contributed by atoms with Crippen molar-refractivity contribution < 1.29 is 24.4 Å². The number of benzene rings is 1. The van der Waals surface area contributed by atoms with Crippen molar-refractivity contribution in [3.05, 3.63) is 23.3 Å². The van der Waals surface area contributed by atoms with Crippen LogP contribution >= 0.6 is 0 Å². The lowest BCUT2D eigenvalue weighted by Crippen LogP contribution is -2.79. The summed E-state index contributed by atoms with van der Waals surface area (Å²) < 4.78 is 9.36. The molecule has 1 aromatic rings.